The average Bonchev–Trinajstić information content (AvgIpc) is 2.68. The Hall–Kier alpha value is -0.320. The summed E-state index contributed by atoms with van der Waals surface area (Å²) in [6, 6.07) is 0. The minimum atomic E-state index is -1.78. The molecule has 8 heteroatoms. The molecule has 0 radical (unpaired) electrons. The van der Waals surface area contributed by atoms with Gasteiger partial charge in [0.05, 0.1) is 25.9 Å². The van der Waals surface area contributed by atoms with E-state index in [2.05, 4.69) is 0 Å². The standard InChI is InChI=1S/C11H20O8/c1-5-7(13)8(14)6(2-17-5)19-10-9(15)11(16,3-12)4-18-10/h5-10,12-16H,2-4H2,1H3. The molecule has 0 bridgehead atoms. The molecule has 19 heavy (non-hydrogen) atoms. The van der Waals surface area contributed by atoms with E-state index in [-0.39, 0.29) is 13.2 Å². The zero-order valence-electron chi connectivity index (χ0n) is 10.5. The van der Waals surface area contributed by atoms with E-state index < -0.39 is 49.0 Å². The highest BCUT2D eigenvalue weighted by atomic mass is 16.7. The highest BCUT2D eigenvalue weighted by Crippen LogP contribution is 2.28. The Morgan fingerprint density at radius 3 is 2.47 bits per heavy atom. The third-order valence-corrected chi connectivity index (χ3v) is 3.62. The number of rotatable bonds is 3. The van der Waals surface area contributed by atoms with Gasteiger partial charge in [-0.05, 0) is 6.92 Å². The molecular weight excluding hydrogens is 260 g/mol. The van der Waals surface area contributed by atoms with Crippen LogP contribution in [0.1, 0.15) is 6.92 Å². The van der Waals surface area contributed by atoms with Crippen molar-refractivity contribution < 1.29 is 39.7 Å². The molecule has 2 aliphatic rings. The van der Waals surface area contributed by atoms with Crippen molar-refractivity contribution in [1.29, 1.82) is 0 Å². The van der Waals surface area contributed by atoms with Gasteiger partial charge in [-0.1, -0.05) is 0 Å². The Morgan fingerprint density at radius 2 is 1.89 bits per heavy atom. The normalized spacial score (nSPS) is 51.5. The second-order valence-electron chi connectivity index (χ2n) is 5.08. The van der Waals surface area contributed by atoms with Crippen LogP contribution in [0.5, 0.6) is 0 Å². The molecular formula is C11H20O8. The van der Waals surface area contributed by atoms with Gasteiger partial charge in [0.15, 0.2) is 6.29 Å². The summed E-state index contributed by atoms with van der Waals surface area (Å²) in [6.07, 6.45) is -6.32. The van der Waals surface area contributed by atoms with Gasteiger partial charge in [-0.3, -0.25) is 0 Å². The van der Waals surface area contributed by atoms with E-state index >= 15 is 0 Å². The first kappa shape index (κ1) is 15.1. The van der Waals surface area contributed by atoms with Crippen LogP contribution in [-0.2, 0) is 14.2 Å². The molecule has 2 saturated heterocycles. The van der Waals surface area contributed by atoms with Crippen LogP contribution in [0.25, 0.3) is 0 Å². The van der Waals surface area contributed by atoms with Gasteiger partial charge in [0, 0.05) is 0 Å². The van der Waals surface area contributed by atoms with Crippen molar-refractivity contribution in [3.05, 3.63) is 0 Å². The molecule has 0 aliphatic carbocycles. The van der Waals surface area contributed by atoms with Crippen LogP contribution in [0, 0.1) is 0 Å². The van der Waals surface area contributed by atoms with Crippen LogP contribution >= 0.6 is 0 Å². The molecule has 7 atom stereocenters. The lowest BCUT2D eigenvalue weighted by Crippen LogP contribution is -2.55. The third kappa shape index (κ3) is 2.76. The summed E-state index contributed by atoms with van der Waals surface area (Å²) in [4.78, 5) is 0. The quantitative estimate of drug-likeness (QED) is 0.369. The van der Waals surface area contributed by atoms with Gasteiger partial charge < -0.3 is 39.7 Å². The maximum Gasteiger partial charge on any atom is 0.187 e. The first-order valence-corrected chi connectivity index (χ1v) is 6.15. The zero-order chi connectivity index (χ0) is 14.2. The number of aliphatic hydroxyl groups is 5. The summed E-state index contributed by atoms with van der Waals surface area (Å²) in [7, 11) is 0. The minimum Gasteiger partial charge on any atom is -0.393 e. The molecule has 112 valence electrons. The van der Waals surface area contributed by atoms with Crippen molar-refractivity contribution in [1.82, 2.24) is 0 Å². The van der Waals surface area contributed by atoms with Crippen molar-refractivity contribution in [3.8, 4) is 0 Å². The lowest BCUT2D eigenvalue weighted by Gasteiger charge is -2.37. The first-order valence-electron chi connectivity index (χ1n) is 6.15. The smallest absolute Gasteiger partial charge is 0.187 e. The first-order chi connectivity index (χ1) is 8.89. The van der Waals surface area contributed by atoms with Crippen LogP contribution in [0.2, 0.25) is 0 Å². The van der Waals surface area contributed by atoms with Crippen molar-refractivity contribution in [2.75, 3.05) is 19.8 Å². The lowest BCUT2D eigenvalue weighted by molar-refractivity contribution is -0.256. The Kier molecular flexibility index (Phi) is 4.43. The van der Waals surface area contributed by atoms with Crippen LogP contribution in [0.3, 0.4) is 0 Å². The van der Waals surface area contributed by atoms with Crippen LogP contribution < -0.4 is 0 Å². The maximum atomic E-state index is 9.84. The molecule has 7 unspecified atom stereocenters. The second-order valence-corrected chi connectivity index (χ2v) is 5.08. The second kappa shape index (κ2) is 5.58. The number of ether oxygens (including phenoxy) is 3. The summed E-state index contributed by atoms with van der Waals surface area (Å²) in [5, 5.41) is 48.1. The maximum absolute atomic E-state index is 9.84. The van der Waals surface area contributed by atoms with Gasteiger partial charge in [0.1, 0.15) is 30.0 Å². The Bertz CT molecular complexity index is 311. The number of hydrogen-bond donors (Lipinski definition) is 5. The topological polar surface area (TPSA) is 129 Å². The van der Waals surface area contributed by atoms with Gasteiger partial charge in [-0.25, -0.2) is 0 Å². The lowest BCUT2D eigenvalue weighted by atomic mass is 9.99. The summed E-state index contributed by atoms with van der Waals surface area (Å²) in [6.45, 7) is 0.703. The summed E-state index contributed by atoms with van der Waals surface area (Å²) in [5.41, 5.74) is -1.78. The van der Waals surface area contributed by atoms with E-state index in [0.29, 0.717) is 0 Å². The van der Waals surface area contributed by atoms with Crippen LogP contribution in [0.15, 0.2) is 0 Å². The van der Waals surface area contributed by atoms with Gasteiger partial charge in [-0.15, -0.1) is 0 Å². The SMILES string of the molecule is CC1OCC(OC2OCC(O)(CO)C2O)C(O)C1O. The fourth-order valence-corrected chi connectivity index (χ4v) is 2.14. The van der Waals surface area contributed by atoms with Crippen LogP contribution in [0.4, 0.5) is 0 Å². The molecule has 2 rings (SSSR count). The van der Waals surface area contributed by atoms with Crippen molar-refractivity contribution in [2.24, 2.45) is 0 Å². The Balaban J connectivity index is 1.95. The van der Waals surface area contributed by atoms with E-state index in [1.165, 1.54) is 0 Å². The Labute approximate surface area is 110 Å². The minimum absolute atomic E-state index is 0.0313. The highest BCUT2D eigenvalue weighted by molar-refractivity contribution is 4.95. The average molecular weight is 280 g/mol. The number of aliphatic hydroxyl groups excluding tert-OH is 4. The van der Waals surface area contributed by atoms with Gasteiger partial charge in [0.25, 0.3) is 0 Å². The van der Waals surface area contributed by atoms with E-state index in [4.69, 9.17) is 19.3 Å². The molecule has 5 N–H and O–H groups in total. The fraction of sp³-hybridized carbons (Fsp3) is 1.00. The molecule has 2 aliphatic heterocycles. The predicted molar refractivity (Wildman–Crippen MR) is 60.1 cm³/mol. The molecule has 8 nitrogen and oxygen atoms in total. The van der Waals surface area contributed by atoms with E-state index in [1.54, 1.807) is 6.92 Å². The Morgan fingerprint density at radius 1 is 1.21 bits per heavy atom. The molecule has 0 amide bonds. The summed E-state index contributed by atoms with van der Waals surface area (Å²) < 4.78 is 15.6. The number of hydrogen-bond acceptors (Lipinski definition) is 8. The fourth-order valence-electron chi connectivity index (χ4n) is 2.14. The third-order valence-electron chi connectivity index (χ3n) is 3.62. The largest absolute Gasteiger partial charge is 0.393 e. The molecule has 2 fully saturated rings. The molecule has 0 saturated carbocycles. The molecule has 0 aromatic rings. The molecule has 0 aromatic heterocycles. The van der Waals surface area contributed by atoms with E-state index in [1.807, 2.05) is 0 Å². The van der Waals surface area contributed by atoms with E-state index in [0.717, 1.165) is 0 Å². The van der Waals surface area contributed by atoms with Gasteiger partial charge in [0.2, 0.25) is 0 Å². The monoisotopic (exact) mass is 280 g/mol. The van der Waals surface area contributed by atoms with Crippen LogP contribution in [-0.4, -0.2) is 87.8 Å². The van der Waals surface area contributed by atoms with Crippen molar-refractivity contribution in [3.63, 3.8) is 0 Å². The predicted octanol–water partition coefficient (Wildman–Crippen LogP) is -3.05. The van der Waals surface area contributed by atoms with Gasteiger partial charge in [-0.2, -0.15) is 0 Å². The van der Waals surface area contributed by atoms with E-state index in [9.17, 15) is 20.4 Å². The van der Waals surface area contributed by atoms with Crippen molar-refractivity contribution in [2.45, 2.75) is 49.3 Å². The summed E-state index contributed by atoms with van der Waals surface area (Å²) >= 11 is 0. The molecule has 2 heterocycles. The zero-order valence-corrected chi connectivity index (χ0v) is 10.5. The molecule has 0 aromatic carbocycles. The molecule has 0 spiro atoms. The van der Waals surface area contributed by atoms with Crippen molar-refractivity contribution >= 4 is 0 Å². The highest BCUT2D eigenvalue weighted by Gasteiger charge is 2.50. The summed E-state index contributed by atoms with van der Waals surface area (Å²) in [5.74, 6) is 0. The van der Waals surface area contributed by atoms with Gasteiger partial charge >= 0.3 is 0 Å².